The van der Waals surface area contributed by atoms with Crippen molar-refractivity contribution in [2.45, 2.75) is 38.8 Å². The molecule has 2 aromatic rings. The van der Waals surface area contributed by atoms with Crippen LogP contribution in [0.3, 0.4) is 0 Å². The monoisotopic (exact) mass is 276 g/mol. The molecule has 1 aromatic heterocycles. The number of fused-ring (bicyclic) bond motifs is 1. The fraction of sp³-hybridized carbons (Fsp3) is 0.467. The molecule has 0 radical (unpaired) electrons. The SMILES string of the molecule is CCCc1nc2ccccc2n1CC(C)(O)C(=O)OC. The first-order valence-corrected chi connectivity index (χ1v) is 6.74. The molecule has 0 saturated carbocycles. The van der Waals surface area contributed by atoms with Crippen LogP contribution in [0.15, 0.2) is 24.3 Å². The fourth-order valence-corrected chi connectivity index (χ4v) is 2.31. The molecule has 108 valence electrons. The first-order valence-electron chi connectivity index (χ1n) is 6.74. The lowest BCUT2D eigenvalue weighted by atomic mass is 10.1. The van der Waals surface area contributed by atoms with E-state index >= 15 is 0 Å². The maximum absolute atomic E-state index is 11.7. The van der Waals surface area contributed by atoms with E-state index in [1.54, 1.807) is 0 Å². The molecule has 2 rings (SSSR count). The highest BCUT2D eigenvalue weighted by atomic mass is 16.5. The van der Waals surface area contributed by atoms with Gasteiger partial charge in [0, 0.05) is 6.42 Å². The van der Waals surface area contributed by atoms with Gasteiger partial charge in [0.1, 0.15) is 5.82 Å². The van der Waals surface area contributed by atoms with Crippen LogP contribution in [0.5, 0.6) is 0 Å². The van der Waals surface area contributed by atoms with Crippen LogP contribution in [0, 0.1) is 0 Å². The summed E-state index contributed by atoms with van der Waals surface area (Å²) in [7, 11) is 1.27. The normalized spacial score (nSPS) is 14.2. The van der Waals surface area contributed by atoms with Crippen molar-refractivity contribution in [1.29, 1.82) is 0 Å². The Bertz CT molecular complexity index is 617. The summed E-state index contributed by atoms with van der Waals surface area (Å²) in [6.07, 6.45) is 1.75. The number of hydrogen-bond donors (Lipinski definition) is 1. The summed E-state index contributed by atoms with van der Waals surface area (Å²) in [5.74, 6) is 0.232. The average Bonchev–Trinajstić information content (AvgIpc) is 2.76. The largest absolute Gasteiger partial charge is 0.467 e. The standard InChI is InChI=1S/C15H20N2O3/c1-4-7-13-16-11-8-5-6-9-12(11)17(13)10-15(2,19)14(18)20-3/h5-6,8-9,19H,4,7,10H2,1-3H3. The number of nitrogens with zero attached hydrogens (tertiary/aromatic N) is 2. The van der Waals surface area contributed by atoms with Crippen molar-refractivity contribution in [3.05, 3.63) is 30.1 Å². The maximum Gasteiger partial charge on any atom is 0.339 e. The van der Waals surface area contributed by atoms with E-state index in [9.17, 15) is 9.90 Å². The van der Waals surface area contributed by atoms with Gasteiger partial charge in [-0.05, 0) is 25.5 Å². The molecule has 0 amide bonds. The van der Waals surface area contributed by atoms with Crippen molar-refractivity contribution in [3.63, 3.8) is 0 Å². The van der Waals surface area contributed by atoms with Gasteiger partial charge >= 0.3 is 5.97 Å². The average molecular weight is 276 g/mol. The minimum Gasteiger partial charge on any atom is -0.467 e. The number of methoxy groups -OCH3 is 1. The molecule has 5 nitrogen and oxygen atoms in total. The molecule has 20 heavy (non-hydrogen) atoms. The van der Waals surface area contributed by atoms with Gasteiger partial charge < -0.3 is 14.4 Å². The van der Waals surface area contributed by atoms with Crippen molar-refractivity contribution in [2.24, 2.45) is 0 Å². The number of aryl methyl sites for hydroxylation is 1. The number of ether oxygens (including phenoxy) is 1. The Morgan fingerprint density at radius 2 is 2.15 bits per heavy atom. The summed E-state index contributed by atoms with van der Waals surface area (Å²) in [4.78, 5) is 16.2. The fourth-order valence-electron chi connectivity index (χ4n) is 2.31. The second-order valence-electron chi connectivity index (χ2n) is 5.12. The molecule has 0 bridgehead atoms. The highest BCUT2D eigenvalue weighted by molar-refractivity contribution is 5.80. The minimum absolute atomic E-state index is 0.134. The third kappa shape index (κ3) is 2.67. The number of hydrogen-bond acceptors (Lipinski definition) is 4. The molecule has 1 aromatic carbocycles. The second-order valence-corrected chi connectivity index (χ2v) is 5.12. The highest BCUT2D eigenvalue weighted by Crippen LogP contribution is 2.21. The number of para-hydroxylation sites is 2. The molecule has 0 aliphatic carbocycles. The summed E-state index contributed by atoms with van der Waals surface area (Å²) < 4.78 is 6.55. The van der Waals surface area contributed by atoms with Crippen LogP contribution in [0.4, 0.5) is 0 Å². The number of aliphatic hydroxyl groups is 1. The van der Waals surface area contributed by atoms with Gasteiger partial charge in [-0.2, -0.15) is 0 Å². The molecule has 1 heterocycles. The van der Waals surface area contributed by atoms with E-state index in [0.717, 1.165) is 29.7 Å². The van der Waals surface area contributed by atoms with Crippen molar-refractivity contribution in [1.82, 2.24) is 9.55 Å². The number of esters is 1. The number of rotatable bonds is 5. The number of aromatic nitrogens is 2. The van der Waals surface area contributed by atoms with Gasteiger partial charge in [-0.3, -0.25) is 0 Å². The molecular weight excluding hydrogens is 256 g/mol. The van der Waals surface area contributed by atoms with Crippen LogP contribution in [-0.2, 0) is 22.5 Å². The van der Waals surface area contributed by atoms with Gasteiger partial charge in [0.25, 0.3) is 0 Å². The Morgan fingerprint density at radius 1 is 1.45 bits per heavy atom. The van der Waals surface area contributed by atoms with Crippen molar-refractivity contribution < 1.29 is 14.6 Å². The molecule has 0 aliphatic rings. The number of imidazole rings is 1. The molecule has 0 saturated heterocycles. The summed E-state index contributed by atoms with van der Waals surface area (Å²) in [6.45, 7) is 3.67. The van der Waals surface area contributed by atoms with Gasteiger partial charge in [0.05, 0.1) is 24.7 Å². The Kier molecular flexibility index (Phi) is 4.09. The van der Waals surface area contributed by atoms with Crippen molar-refractivity contribution in [2.75, 3.05) is 7.11 Å². The van der Waals surface area contributed by atoms with Crippen LogP contribution < -0.4 is 0 Å². The van der Waals surface area contributed by atoms with Gasteiger partial charge in [-0.15, -0.1) is 0 Å². The summed E-state index contributed by atoms with van der Waals surface area (Å²) in [5.41, 5.74) is 0.220. The van der Waals surface area contributed by atoms with Crippen molar-refractivity contribution in [3.8, 4) is 0 Å². The van der Waals surface area contributed by atoms with E-state index in [-0.39, 0.29) is 6.54 Å². The van der Waals surface area contributed by atoms with E-state index in [0.29, 0.717) is 0 Å². The van der Waals surface area contributed by atoms with Gasteiger partial charge in [0.2, 0.25) is 0 Å². The topological polar surface area (TPSA) is 64.3 Å². The predicted octanol–water partition coefficient (Wildman–Crippen LogP) is 1.91. The van der Waals surface area contributed by atoms with E-state index < -0.39 is 11.6 Å². The zero-order valence-electron chi connectivity index (χ0n) is 12.1. The molecular formula is C15H20N2O3. The molecule has 0 fully saturated rings. The molecule has 0 aliphatic heterocycles. The third-order valence-corrected chi connectivity index (χ3v) is 3.30. The number of carbonyl (C=O) groups excluding carboxylic acids is 1. The van der Waals surface area contributed by atoms with Crippen molar-refractivity contribution >= 4 is 17.0 Å². The molecule has 1 N–H and O–H groups in total. The molecule has 0 spiro atoms. The summed E-state index contributed by atoms with van der Waals surface area (Å²) >= 11 is 0. The number of benzene rings is 1. The lowest BCUT2D eigenvalue weighted by molar-refractivity contribution is -0.161. The first-order chi connectivity index (χ1) is 9.49. The van der Waals surface area contributed by atoms with E-state index in [4.69, 9.17) is 0 Å². The van der Waals surface area contributed by atoms with Gasteiger partial charge in [-0.1, -0.05) is 19.1 Å². The van der Waals surface area contributed by atoms with Crippen LogP contribution in [-0.4, -0.2) is 33.3 Å². The quantitative estimate of drug-likeness (QED) is 0.847. The van der Waals surface area contributed by atoms with Gasteiger partial charge in [-0.25, -0.2) is 9.78 Å². The number of carbonyl (C=O) groups is 1. The predicted molar refractivity (Wildman–Crippen MR) is 76.4 cm³/mol. The summed E-state index contributed by atoms with van der Waals surface area (Å²) in [5, 5.41) is 10.3. The van der Waals surface area contributed by atoms with Crippen LogP contribution >= 0.6 is 0 Å². The zero-order chi connectivity index (χ0) is 14.8. The highest BCUT2D eigenvalue weighted by Gasteiger charge is 2.33. The molecule has 5 heteroatoms. The molecule has 1 unspecified atom stereocenters. The van der Waals surface area contributed by atoms with Crippen LogP contribution in [0.1, 0.15) is 26.1 Å². The third-order valence-electron chi connectivity index (χ3n) is 3.30. The Balaban J connectivity index is 2.46. The lowest BCUT2D eigenvalue weighted by Crippen LogP contribution is -2.40. The Hall–Kier alpha value is -1.88. The van der Waals surface area contributed by atoms with Crippen LogP contribution in [0.25, 0.3) is 11.0 Å². The van der Waals surface area contributed by atoms with E-state index in [2.05, 4.69) is 16.6 Å². The zero-order valence-corrected chi connectivity index (χ0v) is 12.1. The second kappa shape index (κ2) is 5.63. The maximum atomic E-state index is 11.7. The van der Waals surface area contributed by atoms with Gasteiger partial charge in [0.15, 0.2) is 5.60 Å². The van der Waals surface area contributed by atoms with E-state index in [1.807, 2.05) is 28.8 Å². The molecule has 1 atom stereocenters. The minimum atomic E-state index is -1.57. The first kappa shape index (κ1) is 14.5. The van der Waals surface area contributed by atoms with E-state index in [1.165, 1.54) is 14.0 Å². The Morgan fingerprint density at radius 3 is 2.80 bits per heavy atom. The summed E-state index contributed by atoms with van der Waals surface area (Å²) in [6, 6.07) is 7.71. The van der Waals surface area contributed by atoms with Crippen LogP contribution in [0.2, 0.25) is 0 Å². The smallest absolute Gasteiger partial charge is 0.339 e. The Labute approximate surface area is 118 Å². The lowest BCUT2D eigenvalue weighted by Gasteiger charge is -2.22.